The number of carbonyl (C=O) groups is 2. The number of amides is 2. The summed E-state index contributed by atoms with van der Waals surface area (Å²) in [4.78, 5) is 24.3. The van der Waals surface area contributed by atoms with Gasteiger partial charge < -0.3 is 16.4 Å². The lowest BCUT2D eigenvalue weighted by atomic mass is 10.1. The fraction of sp³-hybridized carbons (Fsp3) is 0.556. The Hall–Kier alpha value is -1.59. The van der Waals surface area contributed by atoms with Crippen LogP contribution < -0.4 is 16.4 Å². The molecule has 3 rings (SSSR count). The minimum atomic E-state index is -0.0310. The fourth-order valence-electron chi connectivity index (χ4n) is 3.54. The first-order valence-corrected chi connectivity index (χ1v) is 8.59. The molecule has 4 N–H and O–H groups in total. The van der Waals surface area contributed by atoms with Gasteiger partial charge in [0, 0.05) is 29.3 Å². The molecule has 0 heterocycles. The third-order valence-corrected chi connectivity index (χ3v) is 4.95. The smallest absolute Gasteiger partial charge is 0.251 e. The predicted molar refractivity (Wildman–Crippen MR) is 97.4 cm³/mol. The maximum absolute atomic E-state index is 12.2. The minimum absolute atomic E-state index is 0. The van der Waals surface area contributed by atoms with Crippen LogP contribution in [0.5, 0.6) is 0 Å². The summed E-state index contributed by atoms with van der Waals surface area (Å²) in [7, 11) is 0. The molecule has 0 aliphatic heterocycles. The molecule has 2 atom stereocenters. The summed E-state index contributed by atoms with van der Waals surface area (Å²) in [6, 6.07) is 7.56. The lowest BCUT2D eigenvalue weighted by molar-refractivity contribution is -0.119. The first-order chi connectivity index (χ1) is 11.1. The standard InChI is InChI=1S/C18H25N3O2.ClH/c19-14-8-5-13(11-14)18(23)21-16-9-6-12(7-10-16)17(22)20-15-3-1-2-4-15;/h6-7,9-10,13-15H,1-5,8,11,19H2,(H,20,22)(H,21,23);1H. The largest absolute Gasteiger partial charge is 0.349 e. The Morgan fingerprint density at radius 2 is 1.67 bits per heavy atom. The fourth-order valence-corrected chi connectivity index (χ4v) is 3.54. The van der Waals surface area contributed by atoms with Crippen LogP contribution in [0.4, 0.5) is 5.69 Å². The van der Waals surface area contributed by atoms with Crippen molar-refractivity contribution >= 4 is 29.9 Å². The van der Waals surface area contributed by atoms with Crippen LogP contribution >= 0.6 is 12.4 Å². The molecule has 132 valence electrons. The molecule has 0 bridgehead atoms. The number of anilines is 1. The molecule has 2 saturated carbocycles. The molecule has 6 heteroatoms. The van der Waals surface area contributed by atoms with Crippen LogP contribution in [0.2, 0.25) is 0 Å². The average Bonchev–Trinajstić information content (AvgIpc) is 3.19. The first-order valence-electron chi connectivity index (χ1n) is 8.59. The van der Waals surface area contributed by atoms with Gasteiger partial charge in [-0.05, 0) is 56.4 Å². The highest BCUT2D eigenvalue weighted by Crippen LogP contribution is 2.25. The normalized spacial score (nSPS) is 23.5. The number of halogens is 1. The molecule has 1 aromatic rings. The summed E-state index contributed by atoms with van der Waals surface area (Å²) in [6.45, 7) is 0. The molecule has 5 nitrogen and oxygen atoms in total. The van der Waals surface area contributed by atoms with Gasteiger partial charge >= 0.3 is 0 Å². The zero-order chi connectivity index (χ0) is 16.2. The number of hydrogen-bond acceptors (Lipinski definition) is 3. The van der Waals surface area contributed by atoms with Gasteiger partial charge in [-0.15, -0.1) is 12.4 Å². The molecule has 2 amide bonds. The minimum Gasteiger partial charge on any atom is -0.349 e. The molecule has 0 radical (unpaired) electrons. The summed E-state index contributed by atoms with van der Waals surface area (Å²) in [5, 5.41) is 5.98. The van der Waals surface area contributed by atoms with Gasteiger partial charge in [0.05, 0.1) is 0 Å². The molecule has 2 aliphatic carbocycles. The lowest BCUT2D eigenvalue weighted by Crippen LogP contribution is -2.32. The molecule has 2 aliphatic rings. The number of carbonyl (C=O) groups excluding carboxylic acids is 2. The summed E-state index contributed by atoms with van der Waals surface area (Å²) in [6.07, 6.45) is 7.06. The zero-order valence-corrected chi connectivity index (χ0v) is 14.6. The SMILES string of the molecule is Cl.NC1CCC(C(=O)Nc2ccc(C(=O)NC3CCCC3)cc2)C1. The summed E-state index contributed by atoms with van der Waals surface area (Å²) >= 11 is 0. The highest BCUT2D eigenvalue weighted by atomic mass is 35.5. The Morgan fingerprint density at radius 1 is 1.00 bits per heavy atom. The van der Waals surface area contributed by atoms with Crippen molar-refractivity contribution in [1.82, 2.24) is 5.32 Å². The number of nitrogens with two attached hydrogens (primary N) is 1. The number of benzene rings is 1. The number of rotatable bonds is 4. The third-order valence-electron chi connectivity index (χ3n) is 4.95. The second-order valence-electron chi connectivity index (χ2n) is 6.79. The van der Waals surface area contributed by atoms with Gasteiger partial charge in [0.1, 0.15) is 0 Å². The topological polar surface area (TPSA) is 84.2 Å². The second kappa shape index (κ2) is 8.49. The van der Waals surface area contributed by atoms with Crippen LogP contribution in [0.3, 0.4) is 0 Å². The first kappa shape index (κ1) is 18.7. The van der Waals surface area contributed by atoms with Gasteiger partial charge in [-0.2, -0.15) is 0 Å². The van der Waals surface area contributed by atoms with E-state index in [1.165, 1.54) is 12.8 Å². The molecule has 0 aromatic heterocycles. The molecule has 0 saturated heterocycles. The van der Waals surface area contributed by atoms with E-state index in [-0.39, 0.29) is 36.2 Å². The third kappa shape index (κ3) is 4.71. The van der Waals surface area contributed by atoms with Gasteiger partial charge in [0.25, 0.3) is 5.91 Å². The van der Waals surface area contributed by atoms with E-state index in [0.29, 0.717) is 11.6 Å². The van der Waals surface area contributed by atoms with Crippen molar-refractivity contribution in [2.45, 2.75) is 57.0 Å². The summed E-state index contributed by atoms with van der Waals surface area (Å²) in [5.41, 5.74) is 7.22. The maximum atomic E-state index is 12.2. The van der Waals surface area contributed by atoms with Crippen molar-refractivity contribution in [3.63, 3.8) is 0 Å². The molecule has 24 heavy (non-hydrogen) atoms. The maximum Gasteiger partial charge on any atom is 0.251 e. The van der Waals surface area contributed by atoms with E-state index in [1.807, 2.05) is 0 Å². The van der Waals surface area contributed by atoms with Crippen LogP contribution in [0.1, 0.15) is 55.3 Å². The van der Waals surface area contributed by atoms with Crippen molar-refractivity contribution in [3.05, 3.63) is 29.8 Å². The van der Waals surface area contributed by atoms with Crippen molar-refractivity contribution in [2.24, 2.45) is 11.7 Å². The molecule has 0 spiro atoms. The Balaban J connectivity index is 0.00000208. The van der Waals surface area contributed by atoms with E-state index < -0.39 is 0 Å². The predicted octanol–water partition coefficient (Wildman–Crippen LogP) is 2.85. The van der Waals surface area contributed by atoms with Crippen LogP contribution in [0.15, 0.2) is 24.3 Å². The van der Waals surface area contributed by atoms with E-state index in [0.717, 1.165) is 37.8 Å². The van der Waals surface area contributed by atoms with Gasteiger partial charge in [0.2, 0.25) is 5.91 Å². The van der Waals surface area contributed by atoms with E-state index in [4.69, 9.17) is 5.73 Å². The quantitative estimate of drug-likeness (QED) is 0.779. The van der Waals surface area contributed by atoms with Crippen molar-refractivity contribution < 1.29 is 9.59 Å². The van der Waals surface area contributed by atoms with Crippen molar-refractivity contribution in [2.75, 3.05) is 5.32 Å². The van der Waals surface area contributed by atoms with Crippen LogP contribution in [0.25, 0.3) is 0 Å². The Bertz CT molecular complexity index is 570. The van der Waals surface area contributed by atoms with E-state index >= 15 is 0 Å². The highest BCUT2D eigenvalue weighted by molar-refractivity contribution is 5.96. The van der Waals surface area contributed by atoms with Gasteiger partial charge in [-0.25, -0.2) is 0 Å². The highest BCUT2D eigenvalue weighted by Gasteiger charge is 2.27. The Kier molecular flexibility index (Phi) is 6.63. The van der Waals surface area contributed by atoms with Crippen molar-refractivity contribution in [3.8, 4) is 0 Å². The molecule has 1 aromatic carbocycles. The Morgan fingerprint density at radius 3 is 2.25 bits per heavy atom. The van der Waals surface area contributed by atoms with Crippen LogP contribution in [0, 0.1) is 5.92 Å². The molecular weight excluding hydrogens is 326 g/mol. The van der Waals surface area contributed by atoms with Gasteiger partial charge in [-0.3, -0.25) is 9.59 Å². The van der Waals surface area contributed by atoms with Crippen molar-refractivity contribution in [1.29, 1.82) is 0 Å². The van der Waals surface area contributed by atoms with E-state index in [9.17, 15) is 9.59 Å². The van der Waals surface area contributed by atoms with Crippen LogP contribution in [-0.2, 0) is 4.79 Å². The van der Waals surface area contributed by atoms with E-state index in [1.54, 1.807) is 24.3 Å². The summed E-state index contributed by atoms with van der Waals surface area (Å²) < 4.78 is 0. The van der Waals surface area contributed by atoms with Crippen LogP contribution in [-0.4, -0.2) is 23.9 Å². The number of nitrogens with one attached hydrogen (secondary N) is 2. The van der Waals surface area contributed by atoms with E-state index in [2.05, 4.69) is 10.6 Å². The lowest BCUT2D eigenvalue weighted by Gasteiger charge is -2.13. The average molecular weight is 352 g/mol. The van der Waals surface area contributed by atoms with Gasteiger partial charge in [0.15, 0.2) is 0 Å². The number of hydrogen-bond donors (Lipinski definition) is 3. The Labute approximate surface area is 149 Å². The molecule has 2 fully saturated rings. The summed E-state index contributed by atoms with van der Waals surface area (Å²) in [5.74, 6) is 0.00740. The zero-order valence-electron chi connectivity index (χ0n) is 13.8. The second-order valence-corrected chi connectivity index (χ2v) is 6.79. The monoisotopic (exact) mass is 351 g/mol. The molecular formula is C18H26ClN3O2. The molecule has 2 unspecified atom stereocenters. The van der Waals surface area contributed by atoms with Gasteiger partial charge in [-0.1, -0.05) is 12.8 Å².